The van der Waals surface area contributed by atoms with Crippen LogP contribution in [-0.2, 0) is 0 Å². The van der Waals surface area contributed by atoms with Crippen LogP contribution in [0.2, 0.25) is 0 Å². The van der Waals surface area contributed by atoms with Crippen LogP contribution in [0.5, 0.6) is 0 Å². The number of pyridine rings is 1. The van der Waals surface area contributed by atoms with Gasteiger partial charge in [-0.3, -0.25) is 4.57 Å². The number of hydrogen-bond acceptors (Lipinski definition) is 2. The molecule has 0 bridgehead atoms. The summed E-state index contributed by atoms with van der Waals surface area (Å²) in [7, 11) is 0. The predicted octanol–water partition coefficient (Wildman–Crippen LogP) is 9.64. The molecular weight excluding hydrogens is 494 g/mol. The minimum Gasteiger partial charge on any atom is -0.308 e. The molecule has 0 saturated carbocycles. The van der Waals surface area contributed by atoms with E-state index in [1.165, 1.54) is 69.5 Å². The number of nitrogens with zero attached hydrogens (tertiary/aromatic N) is 3. The number of para-hydroxylation sites is 4. The van der Waals surface area contributed by atoms with E-state index in [1.54, 1.807) is 0 Å². The Labute approximate surface area is 227 Å². The highest BCUT2D eigenvalue weighted by atomic mass is 32.1. The molecule has 0 radical (unpaired) electrons. The topological polar surface area (TPSA) is 22.8 Å². The van der Waals surface area contributed by atoms with Gasteiger partial charge in [0.15, 0.2) is 0 Å². The van der Waals surface area contributed by atoms with E-state index < -0.39 is 0 Å². The summed E-state index contributed by atoms with van der Waals surface area (Å²) in [5, 5.41) is 7.56. The fourth-order valence-electron chi connectivity index (χ4n) is 6.33. The molecule has 0 unspecified atom stereocenters. The minimum atomic E-state index is 0.946. The summed E-state index contributed by atoms with van der Waals surface area (Å²) in [5.74, 6) is 0.946. The van der Waals surface area contributed by atoms with E-state index >= 15 is 0 Å². The first kappa shape index (κ1) is 21.1. The number of hydrogen-bond donors (Lipinski definition) is 0. The Balaban J connectivity index is 1.34. The molecule has 4 heteroatoms. The van der Waals surface area contributed by atoms with E-state index in [2.05, 4.69) is 137 Å². The summed E-state index contributed by atoms with van der Waals surface area (Å²) in [6.45, 7) is 0. The number of aromatic nitrogens is 3. The SMILES string of the molecule is c1cc(-n2c3ccccc3c3ccccc32)c2sc3cnc(-n4c5ccccc5c5ccccc54)cc3c2c1. The zero-order chi connectivity index (χ0) is 25.5. The van der Waals surface area contributed by atoms with Crippen molar-refractivity contribution in [1.82, 2.24) is 14.1 Å². The molecule has 0 amide bonds. The van der Waals surface area contributed by atoms with Gasteiger partial charge in [-0.1, -0.05) is 84.9 Å². The monoisotopic (exact) mass is 515 g/mol. The maximum Gasteiger partial charge on any atom is 0.138 e. The second-order valence-corrected chi connectivity index (χ2v) is 11.1. The van der Waals surface area contributed by atoms with Gasteiger partial charge in [0, 0.05) is 38.5 Å². The van der Waals surface area contributed by atoms with Crippen LogP contribution < -0.4 is 0 Å². The van der Waals surface area contributed by atoms with Gasteiger partial charge in [-0.15, -0.1) is 11.3 Å². The van der Waals surface area contributed by atoms with Gasteiger partial charge in [-0.2, -0.15) is 0 Å². The normalized spacial score (nSPS) is 12.1. The first-order valence-electron chi connectivity index (χ1n) is 13.2. The Morgan fingerprint density at radius 3 is 1.51 bits per heavy atom. The molecular formula is C35H21N3S. The molecule has 0 aliphatic carbocycles. The van der Waals surface area contributed by atoms with Gasteiger partial charge < -0.3 is 4.57 Å². The molecule has 0 aliphatic heterocycles. The van der Waals surface area contributed by atoms with Gasteiger partial charge in [0.1, 0.15) is 5.82 Å². The summed E-state index contributed by atoms with van der Waals surface area (Å²) in [6, 6.07) is 43.6. The average Bonchev–Trinajstić information content (AvgIpc) is 3.65. The average molecular weight is 516 g/mol. The molecule has 0 saturated heterocycles. The molecule has 0 aliphatic rings. The molecule has 3 nitrogen and oxygen atoms in total. The van der Waals surface area contributed by atoms with Gasteiger partial charge in [0.25, 0.3) is 0 Å². The fraction of sp³-hybridized carbons (Fsp3) is 0. The number of rotatable bonds is 2. The third-order valence-electron chi connectivity index (χ3n) is 7.98. The third-order valence-corrected chi connectivity index (χ3v) is 9.16. The van der Waals surface area contributed by atoms with Crippen molar-refractivity contribution in [2.75, 3.05) is 0 Å². The van der Waals surface area contributed by atoms with E-state index in [4.69, 9.17) is 4.98 Å². The lowest BCUT2D eigenvalue weighted by Crippen LogP contribution is -1.96. The van der Waals surface area contributed by atoms with Crippen molar-refractivity contribution in [3.63, 3.8) is 0 Å². The zero-order valence-electron chi connectivity index (χ0n) is 20.9. The van der Waals surface area contributed by atoms with Crippen molar-refractivity contribution < 1.29 is 0 Å². The van der Waals surface area contributed by atoms with Crippen LogP contribution in [0.15, 0.2) is 128 Å². The summed E-state index contributed by atoms with van der Waals surface area (Å²) in [5.41, 5.74) is 6.03. The van der Waals surface area contributed by atoms with Crippen molar-refractivity contribution in [3.05, 3.63) is 128 Å². The Hall–Kier alpha value is -4.93. The Kier molecular flexibility index (Phi) is 4.21. The lowest BCUT2D eigenvalue weighted by atomic mass is 10.1. The smallest absolute Gasteiger partial charge is 0.138 e. The van der Waals surface area contributed by atoms with Crippen molar-refractivity contribution in [2.24, 2.45) is 0 Å². The van der Waals surface area contributed by atoms with Gasteiger partial charge in [-0.25, -0.2) is 4.98 Å². The van der Waals surface area contributed by atoms with Crippen LogP contribution in [0, 0.1) is 0 Å². The van der Waals surface area contributed by atoms with Gasteiger partial charge in [-0.05, 0) is 36.4 Å². The van der Waals surface area contributed by atoms with E-state index in [0.29, 0.717) is 0 Å². The van der Waals surface area contributed by atoms with Crippen LogP contribution in [0.1, 0.15) is 0 Å². The lowest BCUT2D eigenvalue weighted by Gasteiger charge is -2.09. The molecule has 0 atom stereocenters. The zero-order valence-corrected chi connectivity index (χ0v) is 21.7. The molecule has 9 rings (SSSR count). The highest BCUT2D eigenvalue weighted by molar-refractivity contribution is 7.26. The highest BCUT2D eigenvalue weighted by Gasteiger charge is 2.18. The van der Waals surface area contributed by atoms with Gasteiger partial charge in [0.2, 0.25) is 0 Å². The standard InChI is InChI=1S/C35H21N3S/c1-5-15-28-22(10-1)23-11-2-6-16-29(23)37(28)32-19-9-14-26-27-20-34(36-21-33(27)39-35(26)32)38-30-17-7-3-12-24(30)25-13-4-8-18-31(25)38/h1-21H. The van der Waals surface area contributed by atoms with Crippen LogP contribution in [-0.4, -0.2) is 14.1 Å². The minimum absolute atomic E-state index is 0.946. The molecule has 0 fully saturated rings. The Morgan fingerprint density at radius 1 is 0.462 bits per heavy atom. The summed E-state index contributed by atoms with van der Waals surface area (Å²) >= 11 is 1.82. The van der Waals surface area contributed by atoms with Crippen LogP contribution in [0.3, 0.4) is 0 Å². The second-order valence-electron chi connectivity index (χ2n) is 10.0. The second kappa shape index (κ2) is 7.79. The van der Waals surface area contributed by atoms with Crippen molar-refractivity contribution in [3.8, 4) is 11.5 Å². The maximum absolute atomic E-state index is 5.00. The summed E-state index contributed by atoms with van der Waals surface area (Å²) in [4.78, 5) is 5.00. The Bertz CT molecular complexity index is 2300. The molecule has 182 valence electrons. The van der Waals surface area contributed by atoms with Crippen LogP contribution in [0.4, 0.5) is 0 Å². The number of thiophene rings is 1. The first-order valence-corrected chi connectivity index (χ1v) is 14.0. The highest BCUT2D eigenvalue weighted by Crippen LogP contribution is 2.41. The van der Waals surface area contributed by atoms with Crippen LogP contribution >= 0.6 is 11.3 Å². The van der Waals surface area contributed by atoms with Crippen molar-refractivity contribution in [2.45, 2.75) is 0 Å². The van der Waals surface area contributed by atoms with Crippen LogP contribution in [0.25, 0.3) is 75.3 Å². The third kappa shape index (κ3) is 2.84. The molecule has 39 heavy (non-hydrogen) atoms. The quantitative estimate of drug-likeness (QED) is 0.225. The largest absolute Gasteiger partial charge is 0.308 e. The number of benzene rings is 5. The lowest BCUT2D eigenvalue weighted by molar-refractivity contribution is 1.09. The summed E-state index contributed by atoms with van der Waals surface area (Å²) in [6.07, 6.45) is 2.05. The molecule has 4 heterocycles. The Morgan fingerprint density at radius 2 is 0.949 bits per heavy atom. The van der Waals surface area contributed by atoms with E-state index in [1.807, 2.05) is 11.3 Å². The molecule has 5 aromatic carbocycles. The number of fused-ring (bicyclic) bond motifs is 9. The van der Waals surface area contributed by atoms with E-state index in [0.717, 1.165) is 5.82 Å². The predicted molar refractivity (Wildman–Crippen MR) is 166 cm³/mol. The first-order chi connectivity index (χ1) is 19.4. The molecule has 9 aromatic rings. The van der Waals surface area contributed by atoms with Gasteiger partial charge >= 0.3 is 0 Å². The van der Waals surface area contributed by atoms with Crippen molar-refractivity contribution in [1.29, 1.82) is 0 Å². The summed E-state index contributed by atoms with van der Waals surface area (Å²) < 4.78 is 7.19. The molecule has 4 aromatic heterocycles. The fourth-order valence-corrected chi connectivity index (χ4v) is 7.48. The van der Waals surface area contributed by atoms with E-state index in [9.17, 15) is 0 Å². The maximum atomic E-state index is 5.00. The molecule has 0 N–H and O–H groups in total. The molecule has 0 spiro atoms. The van der Waals surface area contributed by atoms with Crippen molar-refractivity contribution >= 4 is 75.1 Å². The van der Waals surface area contributed by atoms with Gasteiger partial charge in [0.05, 0.1) is 37.2 Å². The van der Waals surface area contributed by atoms with E-state index in [-0.39, 0.29) is 0 Å².